The lowest BCUT2D eigenvalue weighted by Gasteiger charge is -2.28. The molecule has 0 aromatic heterocycles. The quantitative estimate of drug-likeness (QED) is 0.755. The maximum absolute atomic E-state index is 12.1. The first kappa shape index (κ1) is 15.4. The number of likely N-dealkylation sites (N-methyl/N-ethyl adjacent to an activating group) is 1. The summed E-state index contributed by atoms with van der Waals surface area (Å²) in [5, 5.41) is 12.8. The molecule has 0 saturated heterocycles. The Morgan fingerprint density at radius 1 is 1.28 bits per heavy atom. The molecule has 1 amide bonds. The summed E-state index contributed by atoms with van der Waals surface area (Å²) in [5.74, 6) is 0.802. The number of hydrogen-bond donors (Lipinski definition) is 2. The van der Waals surface area contributed by atoms with Crippen LogP contribution in [0, 0.1) is 5.92 Å². The zero-order valence-corrected chi connectivity index (χ0v) is 12.0. The summed E-state index contributed by atoms with van der Waals surface area (Å²) >= 11 is 0. The molecule has 1 saturated carbocycles. The molecule has 0 bridgehead atoms. The van der Waals surface area contributed by atoms with Crippen LogP contribution in [0.15, 0.2) is 0 Å². The van der Waals surface area contributed by atoms with Crippen LogP contribution < -0.4 is 5.32 Å². The van der Waals surface area contributed by atoms with E-state index >= 15 is 0 Å². The van der Waals surface area contributed by atoms with Gasteiger partial charge in [0.05, 0.1) is 12.1 Å². The van der Waals surface area contributed by atoms with Crippen molar-refractivity contribution >= 4 is 5.91 Å². The van der Waals surface area contributed by atoms with E-state index in [1.54, 1.807) is 0 Å². The normalized spacial score (nSPS) is 25.8. The minimum Gasteiger partial charge on any atom is -0.393 e. The van der Waals surface area contributed by atoms with E-state index in [0.717, 1.165) is 45.3 Å². The SMILES string of the molecule is CCN(CC)C(=O)C(C)NCC1CCC(O)CC1. The zero-order chi connectivity index (χ0) is 13.5. The number of carbonyl (C=O) groups is 1. The van der Waals surface area contributed by atoms with Crippen molar-refractivity contribution < 1.29 is 9.90 Å². The second-order valence-corrected chi connectivity index (χ2v) is 5.32. The Balaban J connectivity index is 2.27. The van der Waals surface area contributed by atoms with Gasteiger partial charge in [-0.15, -0.1) is 0 Å². The summed E-state index contributed by atoms with van der Waals surface area (Å²) in [4.78, 5) is 13.9. The number of hydrogen-bond acceptors (Lipinski definition) is 3. The lowest BCUT2D eigenvalue weighted by Crippen LogP contribution is -2.46. The Bertz CT molecular complexity index is 246. The molecule has 1 aliphatic carbocycles. The molecule has 1 rings (SSSR count). The fraction of sp³-hybridized carbons (Fsp3) is 0.929. The lowest BCUT2D eigenvalue weighted by atomic mass is 9.87. The maximum Gasteiger partial charge on any atom is 0.239 e. The van der Waals surface area contributed by atoms with Crippen molar-refractivity contribution in [1.29, 1.82) is 0 Å². The molecule has 0 aromatic rings. The number of aliphatic hydroxyl groups excluding tert-OH is 1. The first-order chi connectivity index (χ1) is 8.58. The summed E-state index contributed by atoms with van der Waals surface area (Å²) < 4.78 is 0. The molecule has 1 unspecified atom stereocenters. The molecular formula is C14H28N2O2. The van der Waals surface area contributed by atoms with Crippen LogP contribution >= 0.6 is 0 Å². The van der Waals surface area contributed by atoms with Gasteiger partial charge in [-0.3, -0.25) is 4.79 Å². The van der Waals surface area contributed by atoms with E-state index in [9.17, 15) is 9.90 Å². The van der Waals surface area contributed by atoms with Crippen molar-refractivity contribution in [3.05, 3.63) is 0 Å². The van der Waals surface area contributed by atoms with Gasteiger partial charge in [0, 0.05) is 13.1 Å². The minimum absolute atomic E-state index is 0.100. The molecule has 0 radical (unpaired) electrons. The van der Waals surface area contributed by atoms with Gasteiger partial charge < -0.3 is 15.3 Å². The molecular weight excluding hydrogens is 228 g/mol. The van der Waals surface area contributed by atoms with Crippen LogP contribution in [-0.2, 0) is 4.79 Å². The van der Waals surface area contributed by atoms with Gasteiger partial charge in [0.1, 0.15) is 0 Å². The maximum atomic E-state index is 12.1. The Morgan fingerprint density at radius 3 is 2.33 bits per heavy atom. The van der Waals surface area contributed by atoms with Crippen molar-refractivity contribution in [2.45, 2.75) is 58.6 Å². The highest BCUT2D eigenvalue weighted by molar-refractivity contribution is 5.81. The van der Waals surface area contributed by atoms with Crippen molar-refractivity contribution in [1.82, 2.24) is 10.2 Å². The predicted octanol–water partition coefficient (Wildman–Crippen LogP) is 1.38. The number of amides is 1. The first-order valence-corrected chi connectivity index (χ1v) is 7.28. The zero-order valence-electron chi connectivity index (χ0n) is 12.0. The molecule has 0 spiro atoms. The highest BCUT2D eigenvalue weighted by atomic mass is 16.3. The van der Waals surface area contributed by atoms with E-state index in [1.807, 2.05) is 25.7 Å². The van der Waals surface area contributed by atoms with Gasteiger partial charge in [-0.05, 0) is 58.9 Å². The summed E-state index contributed by atoms with van der Waals surface area (Å²) in [6.07, 6.45) is 3.85. The van der Waals surface area contributed by atoms with Crippen molar-refractivity contribution in [3.8, 4) is 0 Å². The van der Waals surface area contributed by atoms with Crippen LogP contribution in [0.5, 0.6) is 0 Å². The third-order valence-electron chi connectivity index (χ3n) is 3.97. The fourth-order valence-electron chi connectivity index (χ4n) is 2.59. The molecule has 0 aromatic carbocycles. The van der Waals surface area contributed by atoms with Gasteiger partial charge in [-0.2, -0.15) is 0 Å². The van der Waals surface area contributed by atoms with Crippen molar-refractivity contribution in [2.75, 3.05) is 19.6 Å². The highest BCUT2D eigenvalue weighted by Gasteiger charge is 2.22. The van der Waals surface area contributed by atoms with Crippen LogP contribution in [0.4, 0.5) is 0 Å². The number of carbonyl (C=O) groups excluding carboxylic acids is 1. The van der Waals surface area contributed by atoms with Crippen LogP contribution in [0.2, 0.25) is 0 Å². The van der Waals surface area contributed by atoms with Gasteiger partial charge in [0.2, 0.25) is 5.91 Å². The van der Waals surface area contributed by atoms with E-state index in [1.165, 1.54) is 0 Å². The molecule has 18 heavy (non-hydrogen) atoms. The summed E-state index contributed by atoms with van der Waals surface area (Å²) in [6, 6.07) is -0.100. The second kappa shape index (κ2) is 7.74. The van der Waals surface area contributed by atoms with Crippen molar-refractivity contribution in [2.24, 2.45) is 5.92 Å². The van der Waals surface area contributed by atoms with Gasteiger partial charge in [-0.25, -0.2) is 0 Å². The second-order valence-electron chi connectivity index (χ2n) is 5.32. The predicted molar refractivity (Wildman–Crippen MR) is 73.4 cm³/mol. The van der Waals surface area contributed by atoms with Crippen LogP contribution in [0.25, 0.3) is 0 Å². The van der Waals surface area contributed by atoms with Crippen LogP contribution in [0.3, 0.4) is 0 Å². The molecule has 0 aliphatic heterocycles. The first-order valence-electron chi connectivity index (χ1n) is 7.28. The fourth-order valence-corrected chi connectivity index (χ4v) is 2.59. The van der Waals surface area contributed by atoms with Gasteiger partial charge in [0.25, 0.3) is 0 Å². The largest absolute Gasteiger partial charge is 0.393 e. The van der Waals surface area contributed by atoms with E-state index < -0.39 is 0 Å². The Kier molecular flexibility index (Phi) is 6.65. The number of rotatable bonds is 6. The van der Waals surface area contributed by atoms with E-state index in [4.69, 9.17) is 0 Å². The number of nitrogens with one attached hydrogen (secondary N) is 1. The molecule has 2 N–H and O–H groups in total. The van der Waals surface area contributed by atoms with Gasteiger partial charge in [0.15, 0.2) is 0 Å². The number of aliphatic hydroxyl groups is 1. The lowest BCUT2D eigenvalue weighted by molar-refractivity contribution is -0.132. The standard InChI is InChI=1S/C14H28N2O2/c1-4-16(5-2)14(18)11(3)15-10-12-6-8-13(17)9-7-12/h11-13,15,17H,4-10H2,1-3H3. The van der Waals surface area contributed by atoms with Crippen LogP contribution in [-0.4, -0.2) is 47.7 Å². The van der Waals surface area contributed by atoms with E-state index in [-0.39, 0.29) is 18.1 Å². The molecule has 4 heteroatoms. The monoisotopic (exact) mass is 256 g/mol. The van der Waals surface area contributed by atoms with Crippen LogP contribution in [0.1, 0.15) is 46.5 Å². The van der Waals surface area contributed by atoms with Gasteiger partial charge >= 0.3 is 0 Å². The van der Waals surface area contributed by atoms with E-state index in [2.05, 4.69) is 5.32 Å². The number of nitrogens with zero attached hydrogens (tertiary/aromatic N) is 1. The third-order valence-corrected chi connectivity index (χ3v) is 3.97. The molecule has 106 valence electrons. The Hall–Kier alpha value is -0.610. The highest BCUT2D eigenvalue weighted by Crippen LogP contribution is 2.23. The van der Waals surface area contributed by atoms with E-state index in [0.29, 0.717) is 5.92 Å². The van der Waals surface area contributed by atoms with Crippen molar-refractivity contribution in [3.63, 3.8) is 0 Å². The Morgan fingerprint density at radius 2 is 1.83 bits per heavy atom. The summed E-state index contributed by atoms with van der Waals surface area (Å²) in [6.45, 7) is 8.40. The minimum atomic E-state index is -0.101. The molecule has 0 heterocycles. The molecule has 4 nitrogen and oxygen atoms in total. The smallest absolute Gasteiger partial charge is 0.239 e. The van der Waals surface area contributed by atoms with Gasteiger partial charge in [-0.1, -0.05) is 0 Å². The third kappa shape index (κ3) is 4.58. The summed E-state index contributed by atoms with van der Waals surface area (Å²) in [5.41, 5.74) is 0. The average Bonchev–Trinajstić information content (AvgIpc) is 2.39. The molecule has 1 aliphatic rings. The molecule has 1 fully saturated rings. The summed E-state index contributed by atoms with van der Waals surface area (Å²) in [7, 11) is 0. The Labute approximate surface area is 111 Å². The molecule has 1 atom stereocenters. The topological polar surface area (TPSA) is 52.6 Å². The average molecular weight is 256 g/mol.